The molecule has 3 aromatic rings. The molecule has 0 saturated heterocycles. The van der Waals surface area contributed by atoms with E-state index < -0.39 is 17.4 Å². The Morgan fingerprint density at radius 3 is 2.30 bits per heavy atom. The van der Waals surface area contributed by atoms with Gasteiger partial charge in [-0.25, -0.2) is 13.8 Å². The Labute approximate surface area is 182 Å². The normalized spacial score (nSPS) is 11.9. The molecule has 1 unspecified atom stereocenters. The van der Waals surface area contributed by atoms with Crippen LogP contribution in [0.2, 0.25) is 5.02 Å². The zero-order valence-corrected chi connectivity index (χ0v) is 18.4. The number of carbonyl (C=O) groups is 1. The molecule has 1 aromatic heterocycles. The van der Waals surface area contributed by atoms with Crippen molar-refractivity contribution in [3.05, 3.63) is 76.1 Å². The Balaban J connectivity index is 1.65. The molecule has 158 valence electrons. The molecular weight excluding hydrogens is 426 g/mol. The fourth-order valence-corrected chi connectivity index (χ4v) is 3.41. The van der Waals surface area contributed by atoms with E-state index in [1.807, 2.05) is 45.0 Å². The first-order valence-electron chi connectivity index (χ1n) is 9.22. The molecule has 0 radical (unpaired) electrons. The summed E-state index contributed by atoms with van der Waals surface area (Å²) in [6.45, 7) is 5.59. The van der Waals surface area contributed by atoms with Crippen LogP contribution in [-0.4, -0.2) is 35.5 Å². The summed E-state index contributed by atoms with van der Waals surface area (Å²) in [5.41, 5.74) is 4.30. The van der Waals surface area contributed by atoms with Crippen LogP contribution in [0.3, 0.4) is 0 Å². The first-order chi connectivity index (χ1) is 14.3. The first-order valence-corrected chi connectivity index (χ1v) is 10.6. The highest BCUT2D eigenvalue weighted by molar-refractivity contribution is 7.77. The molecule has 1 amide bonds. The number of aryl methyl sites for hydroxylation is 2. The average Bonchev–Trinajstić information content (AvgIpc) is 2.97. The Morgan fingerprint density at radius 1 is 1.13 bits per heavy atom. The fourth-order valence-electron chi connectivity index (χ4n) is 2.89. The van der Waals surface area contributed by atoms with Crippen LogP contribution >= 0.6 is 11.6 Å². The number of amides is 1. The van der Waals surface area contributed by atoms with Crippen molar-refractivity contribution in [2.24, 2.45) is 0 Å². The van der Waals surface area contributed by atoms with Crippen LogP contribution in [0.4, 0.5) is 4.79 Å². The van der Waals surface area contributed by atoms with Gasteiger partial charge >= 0.3 is 6.09 Å². The van der Waals surface area contributed by atoms with Gasteiger partial charge in [0, 0.05) is 6.54 Å². The molecule has 1 heterocycles. The molecule has 2 aromatic carbocycles. The van der Waals surface area contributed by atoms with Gasteiger partial charge in [0.2, 0.25) is 0 Å². The van der Waals surface area contributed by atoms with Gasteiger partial charge in [-0.15, -0.1) is 0 Å². The van der Waals surface area contributed by atoms with Crippen LogP contribution in [0.1, 0.15) is 22.5 Å². The fraction of sp³-hybridized carbons (Fsp3) is 0.238. The molecule has 1 atom stereocenters. The second kappa shape index (κ2) is 9.42. The van der Waals surface area contributed by atoms with E-state index >= 15 is 0 Å². The molecule has 0 aliphatic carbocycles. The van der Waals surface area contributed by atoms with Gasteiger partial charge in [0.05, 0.1) is 33.4 Å². The molecule has 30 heavy (non-hydrogen) atoms. The largest absolute Gasteiger partial charge is 0.755 e. The molecule has 3 rings (SSSR count). The first kappa shape index (κ1) is 22.0. The summed E-state index contributed by atoms with van der Waals surface area (Å²) in [4.78, 5) is 12.3. The lowest BCUT2D eigenvalue weighted by Crippen LogP contribution is -2.36. The number of hydrogen-bond acceptors (Lipinski definition) is 5. The van der Waals surface area contributed by atoms with Crippen molar-refractivity contribution in [1.82, 2.24) is 14.1 Å². The van der Waals surface area contributed by atoms with E-state index in [1.165, 1.54) is 0 Å². The van der Waals surface area contributed by atoms with Crippen molar-refractivity contribution < 1.29 is 18.3 Å². The van der Waals surface area contributed by atoms with E-state index in [2.05, 4.69) is 5.10 Å². The highest BCUT2D eigenvalue weighted by Crippen LogP contribution is 2.22. The number of ether oxygens (including phenoxy) is 1. The van der Waals surface area contributed by atoms with Gasteiger partial charge in [0.25, 0.3) is 0 Å². The third-order valence-electron chi connectivity index (χ3n) is 4.60. The monoisotopic (exact) mass is 446 g/mol. The van der Waals surface area contributed by atoms with Gasteiger partial charge in [-0.1, -0.05) is 41.4 Å². The maximum atomic E-state index is 12.3. The van der Waals surface area contributed by atoms with E-state index in [0.717, 1.165) is 28.2 Å². The van der Waals surface area contributed by atoms with E-state index in [1.54, 1.807) is 28.9 Å². The third-order valence-corrected chi connectivity index (χ3v) is 5.84. The smallest absolute Gasteiger partial charge is 0.426 e. The second-order valence-electron chi connectivity index (χ2n) is 6.81. The molecule has 9 heteroatoms. The summed E-state index contributed by atoms with van der Waals surface area (Å²) in [6.07, 6.45) is -0.601. The van der Waals surface area contributed by atoms with Crippen LogP contribution in [-0.2, 0) is 17.7 Å². The molecule has 0 aliphatic rings. The maximum absolute atomic E-state index is 12.3. The minimum atomic E-state index is -2.74. The highest BCUT2D eigenvalue weighted by atomic mass is 35.5. The van der Waals surface area contributed by atoms with Gasteiger partial charge in [-0.05, 0) is 57.0 Å². The Hall–Kier alpha value is -2.68. The molecule has 0 saturated carbocycles. The lowest BCUT2D eigenvalue weighted by Gasteiger charge is -2.23. The van der Waals surface area contributed by atoms with Gasteiger partial charge in [0.15, 0.2) is 0 Å². The van der Waals surface area contributed by atoms with Crippen LogP contribution in [0, 0.1) is 20.8 Å². The van der Waals surface area contributed by atoms with Gasteiger partial charge in [0.1, 0.15) is 5.75 Å². The number of halogens is 1. The van der Waals surface area contributed by atoms with E-state index in [4.69, 9.17) is 16.3 Å². The zero-order chi connectivity index (χ0) is 21.8. The minimum absolute atomic E-state index is 0.0358. The zero-order valence-electron chi connectivity index (χ0n) is 16.8. The summed E-state index contributed by atoms with van der Waals surface area (Å²) in [6, 6.07) is 14.2. The predicted molar refractivity (Wildman–Crippen MR) is 115 cm³/mol. The quantitative estimate of drug-likeness (QED) is 0.527. The number of carbonyl (C=O) groups excluding carboxylic acids is 1. The number of aromatic nitrogens is 2. The van der Waals surface area contributed by atoms with Crippen molar-refractivity contribution in [1.29, 1.82) is 0 Å². The third kappa shape index (κ3) is 5.08. The van der Waals surface area contributed by atoms with Crippen molar-refractivity contribution in [3.63, 3.8) is 0 Å². The van der Waals surface area contributed by atoms with Crippen LogP contribution in [0.15, 0.2) is 48.5 Å². The molecule has 0 fully saturated rings. The van der Waals surface area contributed by atoms with Crippen molar-refractivity contribution in [2.75, 3.05) is 6.54 Å². The number of nitrogens with zero attached hydrogens (tertiary/aromatic N) is 3. The lowest BCUT2D eigenvalue weighted by molar-refractivity contribution is 0.178. The van der Waals surface area contributed by atoms with Crippen molar-refractivity contribution in [2.45, 2.75) is 27.2 Å². The molecule has 0 bridgehead atoms. The SMILES string of the molecule is Cc1ccc(OC(=O)N(CCc2ccc(-n3nc(C)c(Cl)c3C)cc2)S(=O)[O-])cc1. The summed E-state index contributed by atoms with van der Waals surface area (Å²) in [5, 5.41) is 5.03. The van der Waals surface area contributed by atoms with Gasteiger partial charge in [-0.3, -0.25) is 4.21 Å². The topological polar surface area (TPSA) is 87.5 Å². The highest BCUT2D eigenvalue weighted by Gasteiger charge is 2.17. The molecular formula is C21H21ClN3O4S-. The predicted octanol–water partition coefficient (Wildman–Crippen LogP) is 4.29. The molecule has 7 nitrogen and oxygen atoms in total. The number of benzene rings is 2. The van der Waals surface area contributed by atoms with E-state index in [9.17, 15) is 13.6 Å². The Kier molecular flexibility index (Phi) is 6.91. The Bertz CT molecular complexity index is 1070. The summed E-state index contributed by atoms with van der Waals surface area (Å²) < 4.78 is 30.6. The van der Waals surface area contributed by atoms with Crippen molar-refractivity contribution in [3.8, 4) is 11.4 Å². The minimum Gasteiger partial charge on any atom is -0.755 e. The van der Waals surface area contributed by atoms with Gasteiger partial charge < -0.3 is 9.29 Å². The summed E-state index contributed by atoms with van der Waals surface area (Å²) in [5.74, 6) is 0.286. The van der Waals surface area contributed by atoms with Crippen LogP contribution < -0.4 is 4.74 Å². The number of hydrogen-bond donors (Lipinski definition) is 0. The van der Waals surface area contributed by atoms with E-state index in [0.29, 0.717) is 15.7 Å². The van der Waals surface area contributed by atoms with E-state index in [-0.39, 0.29) is 12.3 Å². The van der Waals surface area contributed by atoms with Crippen LogP contribution in [0.25, 0.3) is 5.69 Å². The lowest BCUT2D eigenvalue weighted by atomic mass is 10.1. The standard InChI is InChI=1S/C21H22ClN3O4S/c1-14-4-10-19(11-5-14)29-21(26)24(30(27)28)13-12-17-6-8-18(9-7-17)25-16(3)20(22)15(2)23-25/h4-11H,12-13H2,1-3H3,(H,27,28)/p-1. The maximum Gasteiger partial charge on any atom is 0.426 e. The Morgan fingerprint density at radius 2 is 1.77 bits per heavy atom. The summed E-state index contributed by atoms with van der Waals surface area (Å²) in [7, 11) is 0. The van der Waals surface area contributed by atoms with Crippen molar-refractivity contribution >= 4 is 29.0 Å². The molecule has 0 N–H and O–H groups in total. The van der Waals surface area contributed by atoms with Crippen LogP contribution in [0.5, 0.6) is 5.75 Å². The second-order valence-corrected chi connectivity index (χ2v) is 8.07. The molecule has 0 spiro atoms. The number of rotatable bonds is 6. The van der Waals surface area contributed by atoms with Gasteiger partial charge in [-0.2, -0.15) is 5.10 Å². The average molecular weight is 447 g/mol. The summed E-state index contributed by atoms with van der Waals surface area (Å²) >= 11 is 3.46. The molecule has 0 aliphatic heterocycles.